The van der Waals surface area contributed by atoms with Gasteiger partial charge in [0.2, 0.25) is 0 Å². The summed E-state index contributed by atoms with van der Waals surface area (Å²) in [5, 5.41) is 9.00. The molecule has 27 heavy (non-hydrogen) atoms. The van der Waals surface area contributed by atoms with Crippen molar-refractivity contribution in [2.45, 2.75) is 31.2 Å². The zero-order chi connectivity index (χ0) is 18.7. The van der Waals surface area contributed by atoms with E-state index in [9.17, 15) is 4.79 Å². The Morgan fingerprint density at radius 2 is 2.15 bits per heavy atom. The van der Waals surface area contributed by atoms with Gasteiger partial charge in [0.05, 0.1) is 37.4 Å². The summed E-state index contributed by atoms with van der Waals surface area (Å²) in [7, 11) is 0. The third-order valence-corrected chi connectivity index (χ3v) is 5.17. The zero-order valence-corrected chi connectivity index (χ0v) is 15.0. The molecule has 2 aliphatic heterocycles. The molecule has 0 saturated carbocycles. The first kappa shape index (κ1) is 17.7. The van der Waals surface area contributed by atoms with Gasteiger partial charge in [0.15, 0.2) is 0 Å². The van der Waals surface area contributed by atoms with E-state index in [1.807, 2.05) is 12.1 Å². The quantitative estimate of drug-likeness (QED) is 0.834. The van der Waals surface area contributed by atoms with E-state index in [0.717, 1.165) is 18.4 Å². The van der Waals surface area contributed by atoms with E-state index in [1.165, 1.54) is 0 Å². The van der Waals surface area contributed by atoms with Crippen molar-refractivity contribution >= 4 is 5.91 Å². The predicted octanol–water partition coefficient (Wildman–Crippen LogP) is 2.54. The molecule has 1 unspecified atom stereocenters. The maximum absolute atomic E-state index is 12.6. The SMILES string of the molecule is N#Cc1cccc(C(=O)N2CC3(CC(OCc4ccncc4)CCO3)C2)c1. The Balaban J connectivity index is 1.33. The molecule has 2 aromatic rings. The zero-order valence-electron chi connectivity index (χ0n) is 15.0. The lowest BCUT2D eigenvalue weighted by atomic mass is 9.84. The first-order valence-corrected chi connectivity index (χ1v) is 9.11. The van der Waals surface area contributed by atoms with Crippen LogP contribution in [0.4, 0.5) is 0 Å². The first-order valence-electron chi connectivity index (χ1n) is 9.11. The summed E-state index contributed by atoms with van der Waals surface area (Å²) in [6, 6.07) is 12.8. The second kappa shape index (κ2) is 7.47. The summed E-state index contributed by atoms with van der Waals surface area (Å²) in [6.07, 6.45) is 5.32. The molecule has 1 aromatic heterocycles. The number of carbonyl (C=O) groups is 1. The van der Waals surface area contributed by atoms with Crippen LogP contribution >= 0.6 is 0 Å². The van der Waals surface area contributed by atoms with Crippen LogP contribution in [0.1, 0.15) is 34.3 Å². The van der Waals surface area contributed by atoms with E-state index in [2.05, 4.69) is 11.1 Å². The normalized spacial score (nSPS) is 20.7. The van der Waals surface area contributed by atoms with Gasteiger partial charge in [0, 0.05) is 31.0 Å². The van der Waals surface area contributed by atoms with Crippen molar-refractivity contribution in [3.8, 4) is 6.07 Å². The summed E-state index contributed by atoms with van der Waals surface area (Å²) in [4.78, 5) is 18.4. The predicted molar refractivity (Wildman–Crippen MR) is 97.8 cm³/mol. The van der Waals surface area contributed by atoms with Crippen LogP contribution in [0.2, 0.25) is 0 Å². The lowest BCUT2D eigenvalue weighted by Crippen LogP contribution is -2.67. The van der Waals surface area contributed by atoms with Crippen molar-refractivity contribution in [2.24, 2.45) is 0 Å². The van der Waals surface area contributed by atoms with Gasteiger partial charge in [-0.05, 0) is 42.3 Å². The van der Waals surface area contributed by atoms with E-state index in [1.54, 1.807) is 41.6 Å². The van der Waals surface area contributed by atoms with Crippen molar-refractivity contribution in [2.75, 3.05) is 19.7 Å². The van der Waals surface area contributed by atoms with Crippen LogP contribution in [-0.2, 0) is 16.1 Å². The Labute approximate surface area is 158 Å². The molecule has 0 bridgehead atoms. The molecule has 1 atom stereocenters. The van der Waals surface area contributed by atoms with E-state index in [-0.39, 0.29) is 17.6 Å². The first-order chi connectivity index (χ1) is 13.2. The molecule has 2 fully saturated rings. The largest absolute Gasteiger partial charge is 0.373 e. The molecular weight excluding hydrogens is 342 g/mol. The van der Waals surface area contributed by atoms with Crippen molar-refractivity contribution in [3.05, 3.63) is 65.5 Å². The van der Waals surface area contributed by atoms with Gasteiger partial charge in [0.1, 0.15) is 5.60 Å². The highest BCUT2D eigenvalue weighted by Crippen LogP contribution is 2.36. The maximum Gasteiger partial charge on any atom is 0.254 e. The van der Waals surface area contributed by atoms with Crippen molar-refractivity contribution in [1.29, 1.82) is 5.26 Å². The van der Waals surface area contributed by atoms with Crippen molar-refractivity contribution < 1.29 is 14.3 Å². The molecular formula is C21H21N3O3. The number of amides is 1. The highest BCUT2D eigenvalue weighted by Gasteiger charge is 2.49. The number of nitrogens with zero attached hydrogens (tertiary/aromatic N) is 3. The van der Waals surface area contributed by atoms with Crippen LogP contribution in [0.15, 0.2) is 48.8 Å². The van der Waals surface area contributed by atoms with Gasteiger partial charge in [0.25, 0.3) is 5.91 Å². The summed E-state index contributed by atoms with van der Waals surface area (Å²) < 4.78 is 12.1. The van der Waals surface area contributed by atoms with Crippen LogP contribution < -0.4 is 0 Å². The molecule has 1 amide bonds. The van der Waals surface area contributed by atoms with E-state index in [0.29, 0.717) is 37.4 Å². The van der Waals surface area contributed by atoms with Crippen molar-refractivity contribution in [3.63, 3.8) is 0 Å². The number of ether oxygens (including phenoxy) is 2. The van der Waals surface area contributed by atoms with Gasteiger partial charge in [-0.25, -0.2) is 0 Å². The monoisotopic (exact) mass is 363 g/mol. The van der Waals surface area contributed by atoms with Gasteiger partial charge in [-0.2, -0.15) is 5.26 Å². The number of likely N-dealkylation sites (tertiary alicyclic amines) is 1. The third kappa shape index (κ3) is 3.85. The minimum atomic E-state index is -0.302. The molecule has 0 aliphatic carbocycles. The van der Waals surface area contributed by atoms with Gasteiger partial charge in [-0.1, -0.05) is 6.07 Å². The molecule has 1 aromatic carbocycles. The Morgan fingerprint density at radius 1 is 1.33 bits per heavy atom. The smallest absolute Gasteiger partial charge is 0.254 e. The average molecular weight is 363 g/mol. The van der Waals surface area contributed by atoms with E-state index < -0.39 is 0 Å². The van der Waals surface area contributed by atoms with E-state index >= 15 is 0 Å². The number of nitriles is 1. The summed E-state index contributed by atoms with van der Waals surface area (Å²) in [5.74, 6) is -0.0545. The minimum Gasteiger partial charge on any atom is -0.373 e. The standard InChI is InChI=1S/C21H21N3O3/c22-12-17-2-1-3-18(10-17)20(25)24-14-21(15-24)11-19(6-9-27-21)26-13-16-4-7-23-8-5-16/h1-5,7-8,10,19H,6,9,11,13-15H2. The summed E-state index contributed by atoms with van der Waals surface area (Å²) in [6.45, 7) is 2.34. The van der Waals surface area contributed by atoms with Gasteiger partial charge < -0.3 is 14.4 Å². The molecule has 1 spiro atoms. The number of aromatic nitrogens is 1. The van der Waals surface area contributed by atoms with Crippen LogP contribution in [0.5, 0.6) is 0 Å². The van der Waals surface area contributed by atoms with Crippen LogP contribution in [-0.4, -0.2) is 47.2 Å². The number of hydrogen-bond acceptors (Lipinski definition) is 5. The molecule has 6 heteroatoms. The van der Waals surface area contributed by atoms with Gasteiger partial charge >= 0.3 is 0 Å². The minimum absolute atomic E-state index is 0.0545. The second-order valence-corrected chi connectivity index (χ2v) is 7.17. The average Bonchev–Trinajstić information content (AvgIpc) is 2.71. The number of hydrogen-bond donors (Lipinski definition) is 0. The van der Waals surface area contributed by atoms with Crippen LogP contribution in [0.25, 0.3) is 0 Å². The maximum atomic E-state index is 12.6. The number of carbonyl (C=O) groups excluding carboxylic acids is 1. The molecule has 0 N–H and O–H groups in total. The molecule has 3 heterocycles. The van der Waals surface area contributed by atoms with Gasteiger partial charge in [-0.3, -0.25) is 9.78 Å². The topological polar surface area (TPSA) is 75.5 Å². The van der Waals surface area contributed by atoms with Crippen LogP contribution in [0, 0.1) is 11.3 Å². The fourth-order valence-corrected chi connectivity index (χ4v) is 3.74. The highest BCUT2D eigenvalue weighted by molar-refractivity contribution is 5.95. The molecule has 2 saturated heterocycles. The Morgan fingerprint density at radius 3 is 2.93 bits per heavy atom. The number of benzene rings is 1. The van der Waals surface area contributed by atoms with E-state index in [4.69, 9.17) is 14.7 Å². The Bertz CT molecular complexity index is 856. The van der Waals surface area contributed by atoms with Crippen molar-refractivity contribution in [1.82, 2.24) is 9.88 Å². The highest BCUT2D eigenvalue weighted by atomic mass is 16.5. The number of rotatable bonds is 4. The third-order valence-electron chi connectivity index (χ3n) is 5.17. The van der Waals surface area contributed by atoms with Gasteiger partial charge in [-0.15, -0.1) is 0 Å². The second-order valence-electron chi connectivity index (χ2n) is 7.17. The molecule has 6 nitrogen and oxygen atoms in total. The van der Waals surface area contributed by atoms with Crippen LogP contribution in [0.3, 0.4) is 0 Å². The fraction of sp³-hybridized carbons (Fsp3) is 0.381. The summed E-state index contributed by atoms with van der Waals surface area (Å²) >= 11 is 0. The Kier molecular flexibility index (Phi) is 4.88. The number of pyridine rings is 1. The molecule has 138 valence electrons. The lowest BCUT2D eigenvalue weighted by molar-refractivity contribution is -0.188. The lowest BCUT2D eigenvalue weighted by Gasteiger charge is -2.53. The molecule has 0 radical (unpaired) electrons. The molecule has 4 rings (SSSR count). The Hall–Kier alpha value is -2.75. The fourth-order valence-electron chi connectivity index (χ4n) is 3.74. The summed E-state index contributed by atoms with van der Waals surface area (Å²) in [5.41, 5.74) is 1.84. The molecule has 2 aliphatic rings.